The second kappa shape index (κ2) is 8.05. The zero-order chi connectivity index (χ0) is 17.1. The molecule has 1 heterocycles. The van der Waals surface area contributed by atoms with Crippen LogP contribution >= 0.6 is 11.6 Å². The van der Waals surface area contributed by atoms with Crippen LogP contribution in [0, 0.1) is 30.5 Å². The largest absolute Gasteiger partial charge is 0.492 e. The van der Waals surface area contributed by atoms with Crippen molar-refractivity contribution in [1.29, 1.82) is 0 Å². The van der Waals surface area contributed by atoms with Crippen LogP contribution in [0.1, 0.15) is 51.0 Å². The van der Waals surface area contributed by atoms with E-state index in [-0.39, 0.29) is 10.8 Å². The molecule has 0 bridgehead atoms. The number of hydrogen-bond acceptors (Lipinski definition) is 2. The van der Waals surface area contributed by atoms with Gasteiger partial charge >= 0.3 is 0 Å². The van der Waals surface area contributed by atoms with E-state index in [1.165, 1.54) is 38.5 Å². The van der Waals surface area contributed by atoms with Crippen molar-refractivity contribution in [3.05, 3.63) is 28.5 Å². The lowest BCUT2D eigenvalue weighted by Gasteiger charge is -2.37. The fraction of sp³-hybridized carbons (Fsp3) is 0.700. The van der Waals surface area contributed by atoms with Crippen molar-refractivity contribution in [2.24, 2.45) is 17.8 Å². The predicted molar refractivity (Wildman–Crippen MR) is 95.2 cm³/mol. The monoisotopic (exact) mass is 354 g/mol. The van der Waals surface area contributed by atoms with Crippen molar-refractivity contribution >= 4 is 11.6 Å². The molecular formula is C20H28ClFO2. The molecule has 4 heteroatoms. The molecule has 2 nitrogen and oxygen atoms in total. The molecule has 2 atom stereocenters. The summed E-state index contributed by atoms with van der Waals surface area (Å²) in [5.41, 5.74) is 0.553. The molecule has 2 fully saturated rings. The van der Waals surface area contributed by atoms with E-state index < -0.39 is 0 Å². The van der Waals surface area contributed by atoms with Crippen molar-refractivity contribution in [3.8, 4) is 5.75 Å². The maximum Gasteiger partial charge on any atom is 0.148 e. The van der Waals surface area contributed by atoms with Gasteiger partial charge in [0.25, 0.3) is 0 Å². The summed E-state index contributed by atoms with van der Waals surface area (Å²) in [6, 6.07) is 3.49. The Labute approximate surface area is 149 Å². The molecule has 1 aliphatic carbocycles. The number of benzene rings is 1. The molecule has 0 aromatic heterocycles. The van der Waals surface area contributed by atoms with Crippen molar-refractivity contribution in [3.63, 3.8) is 0 Å². The molecule has 3 rings (SSSR count). The summed E-state index contributed by atoms with van der Waals surface area (Å²) in [5, 5.41) is 0.108. The van der Waals surface area contributed by atoms with E-state index in [4.69, 9.17) is 21.1 Å². The molecule has 0 amide bonds. The highest BCUT2D eigenvalue weighted by atomic mass is 35.5. The summed E-state index contributed by atoms with van der Waals surface area (Å²) >= 11 is 6.04. The fourth-order valence-corrected chi connectivity index (χ4v) is 4.32. The van der Waals surface area contributed by atoms with Crippen LogP contribution in [0.2, 0.25) is 5.02 Å². The van der Waals surface area contributed by atoms with Crippen molar-refractivity contribution < 1.29 is 13.9 Å². The first-order valence-electron chi connectivity index (χ1n) is 9.23. The second-order valence-corrected chi connectivity index (χ2v) is 7.96. The van der Waals surface area contributed by atoms with Gasteiger partial charge in [0.1, 0.15) is 16.6 Å². The van der Waals surface area contributed by atoms with E-state index in [9.17, 15) is 4.39 Å². The number of rotatable bonds is 4. The van der Waals surface area contributed by atoms with Gasteiger partial charge < -0.3 is 9.47 Å². The zero-order valence-electron chi connectivity index (χ0n) is 14.7. The molecule has 1 aliphatic heterocycles. The molecule has 134 valence electrons. The molecule has 0 radical (unpaired) electrons. The minimum atomic E-state index is -0.371. The first kappa shape index (κ1) is 18.0. The predicted octanol–water partition coefficient (Wildman–Crippen LogP) is 5.79. The van der Waals surface area contributed by atoms with Gasteiger partial charge in [-0.1, -0.05) is 17.7 Å². The van der Waals surface area contributed by atoms with Gasteiger partial charge in [0.2, 0.25) is 0 Å². The third-order valence-electron chi connectivity index (χ3n) is 5.81. The van der Waals surface area contributed by atoms with Crippen LogP contribution in [0.3, 0.4) is 0 Å². The zero-order valence-corrected chi connectivity index (χ0v) is 15.4. The van der Waals surface area contributed by atoms with Gasteiger partial charge in [0, 0.05) is 0 Å². The first-order valence-corrected chi connectivity index (χ1v) is 9.61. The van der Waals surface area contributed by atoms with Crippen molar-refractivity contribution in [2.45, 2.75) is 58.5 Å². The van der Waals surface area contributed by atoms with Gasteiger partial charge in [-0.15, -0.1) is 0 Å². The van der Waals surface area contributed by atoms with Gasteiger partial charge in [-0.05, 0) is 81.8 Å². The SMILES string of the molecule is Cc1ccc(OCC2CCC([C@@H]3CCC(C)OC3)CC2)c(Cl)c1F. The Kier molecular flexibility index (Phi) is 6.04. The Bertz CT molecular complexity index is 547. The molecule has 0 spiro atoms. The third-order valence-corrected chi connectivity index (χ3v) is 6.16. The van der Waals surface area contributed by atoms with Crippen LogP contribution in [0.4, 0.5) is 4.39 Å². The molecule has 0 N–H and O–H groups in total. The smallest absolute Gasteiger partial charge is 0.148 e. The molecule has 24 heavy (non-hydrogen) atoms. The minimum absolute atomic E-state index is 0.108. The molecule has 2 aliphatic rings. The fourth-order valence-electron chi connectivity index (χ4n) is 4.05. The third kappa shape index (κ3) is 4.23. The lowest BCUT2D eigenvalue weighted by molar-refractivity contribution is -0.0305. The molecule has 1 saturated heterocycles. The lowest BCUT2D eigenvalue weighted by Crippen LogP contribution is -2.32. The summed E-state index contributed by atoms with van der Waals surface area (Å²) in [4.78, 5) is 0. The highest BCUT2D eigenvalue weighted by Crippen LogP contribution is 2.38. The van der Waals surface area contributed by atoms with E-state index in [2.05, 4.69) is 6.92 Å². The number of halogens is 2. The molecule has 1 aromatic carbocycles. The van der Waals surface area contributed by atoms with E-state index in [1.807, 2.05) is 0 Å². The van der Waals surface area contributed by atoms with Crippen LogP contribution in [0.5, 0.6) is 5.75 Å². The van der Waals surface area contributed by atoms with Gasteiger partial charge in [-0.3, -0.25) is 0 Å². The van der Waals surface area contributed by atoms with E-state index in [1.54, 1.807) is 19.1 Å². The normalized spacial score (nSPS) is 31.0. The topological polar surface area (TPSA) is 18.5 Å². The maximum atomic E-state index is 13.8. The lowest BCUT2D eigenvalue weighted by atomic mass is 9.74. The average Bonchev–Trinajstić information content (AvgIpc) is 2.60. The van der Waals surface area contributed by atoms with Crippen molar-refractivity contribution in [1.82, 2.24) is 0 Å². The first-order chi connectivity index (χ1) is 11.5. The van der Waals surface area contributed by atoms with Gasteiger partial charge in [0.05, 0.1) is 19.3 Å². The molecule has 1 aromatic rings. The Morgan fingerprint density at radius 2 is 1.83 bits per heavy atom. The summed E-state index contributed by atoms with van der Waals surface area (Å²) in [6.45, 7) is 5.45. The average molecular weight is 355 g/mol. The quantitative estimate of drug-likeness (QED) is 0.681. The van der Waals surface area contributed by atoms with Crippen LogP contribution in [0.15, 0.2) is 12.1 Å². The Hall–Kier alpha value is -0.800. The minimum Gasteiger partial charge on any atom is -0.492 e. The summed E-state index contributed by atoms with van der Waals surface area (Å²) in [6.07, 6.45) is 7.83. The highest BCUT2D eigenvalue weighted by molar-refractivity contribution is 6.32. The van der Waals surface area contributed by atoms with Crippen LogP contribution < -0.4 is 4.74 Å². The highest BCUT2D eigenvalue weighted by Gasteiger charge is 2.30. The number of aryl methyl sites for hydroxylation is 1. The van der Waals surface area contributed by atoms with E-state index in [0.717, 1.165) is 18.4 Å². The van der Waals surface area contributed by atoms with Crippen LogP contribution in [-0.4, -0.2) is 19.3 Å². The van der Waals surface area contributed by atoms with Gasteiger partial charge in [-0.25, -0.2) is 4.39 Å². The Balaban J connectivity index is 1.45. The summed E-state index contributed by atoms with van der Waals surface area (Å²) < 4.78 is 25.5. The second-order valence-electron chi connectivity index (χ2n) is 7.58. The molecule has 1 unspecified atom stereocenters. The summed E-state index contributed by atoms with van der Waals surface area (Å²) in [5.74, 6) is 2.18. The van der Waals surface area contributed by atoms with Gasteiger partial charge in [-0.2, -0.15) is 0 Å². The van der Waals surface area contributed by atoms with Gasteiger partial charge in [0.15, 0.2) is 0 Å². The molecule has 1 saturated carbocycles. The summed E-state index contributed by atoms with van der Waals surface area (Å²) in [7, 11) is 0. The maximum absolute atomic E-state index is 13.8. The van der Waals surface area contributed by atoms with E-state index in [0.29, 0.717) is 29.9 Å². The molecular weight excluding hydrogens is 327 g/mol. The Morgan fingerprint density at radius 1 is 1.12 bits per heavy atom. The standard InChI is InChI=1S/C20H28ClFO2/c1-13-3-10-18(19(21)20(13)22)24-11-15-5-8-16(9-6-15)17-7-4-14(2)23-12-17/h3,10,14-17H,4-9,11-12H2,1-2H3/t14?,15?,16?,17-/m1/s1. The number of ether oxygens (including phenoxy) is 2. The van der Waals surface area contributed by atoms with Crippen LogP contribution in [0.25, 0.3) is 0 Å². The van der Waals surface area contributed by atoms with Crippen molar-refractivity contribution in [2.75, 3.05) is 13.2 Å². The number of hydrogen-bond donors (Lipinski definition) is 0. The van der Waals surface area contributed by atoms with E-state index >= 15 is 0 Å². The van der Waals surface area contributed by atoms with Crippen LogP contribution in [-0.2, 0) is 4.74 Å². The Morgan fingerprint density at radius 3 is 2.50 bits per heavy atom.